The highest BCUT2D eigenvalue weighted by Crippen LogP contribution is 2.20. The molecular formula is C19H21N5O2. The van der Waals surface area contributed by atoms with Crippen molar-refractivity contribution in [2.45, 2.75) is 32.5 Å². The highest BCUT2D eigenvalue weighted by molar-refractivity contribution is 5.80. The van der Waals surface area contributed by atoms with Crippen LogP contribution in [0.1, 0.15) is 37.2 Å². The first kappa shape index (κ1) is 17.6. The largest absolute Gasteiger partial charge is 0.487 e. The molecule has 1 aromatic carbocycles. The topological polar surface area (TPSA) is 81.9 Å². The molecule has 0 aliphatic rings. The lowest BCUT2D eigenvalue weighted by Crippen LogP contribution is -2.33. The zero-order valence-corrected chi connectivity index (χ0v) is 14.7. The molecule has 2 heterocycles. The maximum absolute atomic E-state index is 12.4. The van der Waals surface area contributed by atoms with E-state index in [1.165, 1.54) is 17.3 Å². The van der Waals surface area contributed by atoms with E-state index in [0.29, 0.717) is 6.61 Å². The van der Waals surface area contributed by atoms with Gasteiger partial charge in [0.2, 0.25) is 5.91 Å². The summed E-state index contributed by atoms with van der Waals surface area (Å²) in [5.74, 6) is 0.612. The normalized spacial score (nSPS) is 13.0. The molecule has 0 aliphatic heterocycles. The summed E-state index contributed by atoms with van der Waals surface area (Å²) in [4.78, 5) is 20.5. The predicted octanol–water partition coefficient (Wildman–Crippen LogP) is 2.69. The van der Waals surface area contributed by atoms with Crippen molar-refractivity contribution in [3.05, 3.63) is 72.6 Å². The van der Waals surface area contributed by atoms with E-state index < -0.39 is 6.04 Å². The second-order valence-corrected chi connectivity index (χ2v) is 5.96. The number of nitrogens with zero attached hydrogens (tertiary/aromatic N) is 4. The van der Waals surface area contributed by atoms with Crippen LogP contribution in [0.5, 0.6) is 5.75 Å². The highest BCUT2D eigenvalue weighted by Gasteiger charge is 2.18. The van der Waals surface area contributed by atoms with Crippen LogP contribution < -0.4 is 10.1 Å². The standard InChI is InChI=1S/C19H21N5O2/c1-14(23-19(25)15(2)24-13-20-12-22-24)16-6-5-8-18(10-16)26-11-17-7-3-4-9-21-17/h3-10,12-15H,11H2,1-2H3,(H,23,25). The lowest BCUT2D eigenvalue weighted by molar-refractivity contribution is -0.124. The number of ether oxygens (including phenoxy) is 1. The maximum Gasteiger partial charge on any atom is 0.245 e. The third kappa shape index (κ3) is 4.44. The Bertz CT molecular complexity index is 836. The molecule has 0 fully saturated rings. The van der Waals surface area contributed by atoms with Gasteiger partial charge < -0.3 is 10.1 Å². The molecule has 7 nitrogen and oxygen atoms in total. The van der Waals surface area contributed by atoms with E-state index in [4.69, 9.17) is 4.74 Å². The molecule has 0 aliphatic carbocycles. The minimum absolute atomic E-state index is 0.122. The van der Waals surface area contributed by atoms with Crippen LogP contribution in [0.2, 0.25) is 0 Å². The number of rotatable bonds is 7. The third-order valence-corrected chi connectivity index (χ3v) is 4.04. The second kappa shape index (κ2) is 8.24. The van der Waals surface area contributed by atoms with Crippen molar-refractivity contribution >= 4 is 5.91 Å². The van der Waals surface area contributed by atoms with Gasteiger partial charge in [-0.2, -0.15) is 5.10 Å². The third-order valence-electron chi connectivity index (χ3n) is 4.04. The summed E-state index contributed by atoms with van der Waals surface area (Å²) < 4.78 is 7.32. The van der Waals surface area contributed by atoms with Crippen molar-refractivity contribution in [3.63, 3.8) is 0 Å². The molecule has 2 unspecified atom stereocenters. The first-order valence-electron chi connectivity index (χ1n) is 8.40. The predicted molar refractivity (Wildman–Crippen MR) is 96.3 cm³/mol. The van der Waals surface area contributed by atoms with E-state index in [-0.39, 0.29) is 11.9 Å². The van der Waals surface area contributed by atoms with Gasteiger partial charge >= 0.3 is 0 Å². The molecule has 0 spiro atoms. The van der Waals surface area contributed by atoms with Crippen LogP contribution >= 0.6 is 0 Å². The van der Waals surface area contributed by atoms with Crippen molar-refractivity contribution in [1.82, 2.24) is 25.1 Å². The Balaban J connectivity index is 1.60. The number of carbonyl (C=O) groups excluding carboxylic acids is 1. The molecule has 26 heavy (non-hydrogen) atoms. The Kier molecular flexibility index (Phi) is 5.58. The summed E-state index contributed by atoms with van der Waals surface area (Å²) in [5, 5.41) is 6.99. The van der Waals surface area contributed by atoms with Crippen molar-refractivity contribution in [1.29, 1.82) is 0 Å². The molecule has 3 aromatic rings. The van der Waals surface area contributed by atoms with Crippen LogP contribution in [-0.4, -0.2) is 25.7 Å². The Hall–Kier alpha value is -3.22. The van der Waals surface area contributed by atoms with E-state index in [0.717, 1.165) is 17.0 Å². The summed E-state index contributed by atoms with van der Waals surface area (Å²) in [5.41, 5.74) is 1.82. The van der Waals surface area contributed by atoms with E-state index in [1.54, 1.807) is 13.1 Å². The van der Waals surface area contributed by atoms with E-state index in [9.17, 15) is 4.79 Å². The highest BCUT2D eigenvalue weighted by atomic mass is 16.5. The molecule has 0 saturated heterocycles. The number of hydrogen-bond donors (Lipinski definition) is 1. The van der Waals surface area contributed by atoms with Crippen LogP contribution in [0.3, 0.4) is 0 Å². The van der Waals surface area contributed by atoms with Gasteiger partial charge in [0.1, 0.15) is 31.1 Å². The molecule has 7 heteroatoms. The lowest BCUT2D eigenvalue weighted by Gasteiger charge is -2.18. The van der Waals surface area contributed by atoms with Gasteiger partial charge in [-0.05, 0) is 43.7 Å². The molecule has 0 saturated carbocycles. The van der Waals surface area contributed by atoms with Crippen molar-refractivity contribution < 1.29 is 9.53 Å². The lowest BCUT2D eigenvalue weighted by atomic mass is 10.1. The Labute approximate surface area is 152 Å². The van der Waals surface area contributed by atoms with E-state index in [2.05, 4.69) is 20.4 Å². The monoisotopic (exact) mass is 351 g/mol. The molecule has 0 bridgehead atoms. The summed E-state index contributed by atoms with van der Waals surface area (Å²) in [6.07, 6.45) is 4.68. The van der Waals surface area contributed by atoms with Crippen molar-refractivity contribution in [2.75, 3.05) is 0 Å². The maximum atomic E-state index is 12.4. The van der Waals surface area contributed by atoms with Gasteiger partial charge in [0.15, 0.2) is 0 Å². The van der Waals surface area contributed by atoms with Gasteiger partial charge in [-0.15, -0.1) is 0 Å². The first-order valence-corrected chi connectivity index (χ1v) is 8.40. The van der Waals surface area contributed by atoms with Crippen molar-refractivity contribution in [3.8, 4) is 5.75 Å². The van der Waals surface area contributed by atoms with E-state index in [1.807, 2.05) is 49.4 Å². The zero-order valence-electron chi connectivity index (χ0n) is 14.7. The zero-order chi connectivity index (χ0) is 18.4. The fourth-order valence-corrected chi connectivity index (χ4v) is 2.47. The summed E-state index contributed by atoms with van der Waals surface area (Å²) >= 11 is 0. The fraction of sp³-hybridized carbons (Fsp3) is 0.263. The average molecular weight is 351 g/mol. The Morgan fingerprint density at radius 1 is 1.23 bits per heavy atom. The smallest absolute Gasteiger partial charge is 0.245 e. The van der Waals surface area contributed by atoms with Crippen LogP contribution in [0.4, 0.5) is 0 Å². The SMILES string of the molecule is CC(NC(=O)C(C)n1cncn1)c1cccc(OCc2ccccn2)c1. The molecule has 1 amide bonds. The van der Waals surface area contributed by atoms with Crippen LogP contribution in [0.15, 0.2) is 61.3 Å². The molecular weight excluding hydrogens is 330 g/mol. The van der Waals surface area contributed by atoms with Crippen molar-refractivity contribution in [2.24, 2.45) is 0 Å². The number of amides is 1. The number of benzene rings is 1. The Morgan fingerprint density at radius 3 is 2.85 bits per heavy atom. The number of pyridine rings is 1. The first-order chi connectivity index (χ1) is 12.6. The van der Waals surface area contributed by atoms with Gasteiger partial charge in [-0.3, -0.25) is 9.78 Å². The number of carbonyl (C=O) groups is 1. The molecule has 3 rings (SSSR count). The minimum Gasteiger partial charge on any atom is -0.487 e. The van der Waals surface area contributed by atoms with Gasteiger partial charge in [0.05, 0.1) is 11.7 Å². The Morgan fingerprint density at radius 2 is 2.12 bits per heavy atom. The number of nitrogens with one attached hydrogen (secondary N) is 1. The molecule has 0 radical (unpaired) electrons. The fourth-order valence-electron chi connectivity index (χ4n) is 2.47. The van der Waals surface area contributed by atoms with Gasteiger partial charge in [0, 0.05) is 6.20 Å². The summed E-state index contributed by atoms with van der Waals surface area (Å²) in [6.45, 7) is 4.11. The van der Waals surface area contributed by atoms with E-state index >= 15 is 0 Å². The second-order valence-electron chi connectivity index (χ2n) is 5.96. The molecule has 1 N–H and O–H groups in total. The average Bonchev–Trinajstić information content (AvgIpc) is 3.21. The van der Waals surface area contributed by atoms with Crippen LogP contribution in [0.25, 0.3) is 0 Å². The van der Waals surface area contributed by atoms with Gasteiger partial charge in [-0.1, -0.05) is 18.2 Å². The van der Waals surface area contributed by atoms with Crippen LogP contribution in [0, 0.1) is 0 Å². The molecule has 2 atom stereocenters. The summed E-state index contributed by atoms with van der Waals surface area (Å²) in [7, 11) is 0. The van der Waals surface area contributed by atoms with Gasteiger partial charge in [0.25, 0.3) is 0 Å². The number of aromatic nitrogens is 4. The quantitative estimate of drug-likeness (QED) is 0.708. The summed E-state index contributed by atoms with van der Waals surface area (Å²) in [6, 6.07) is 12.8. The number of hydrogen-bond acceptors (Lipinski definition) is 5. The van der Waals surface area contributed by atoms with Crippen LogP contribution in [-0.2, 0) is 11.4 Å². The minimum atomic E-state index is -0.427. The van der Waals surface area contributed by atoms with Gasteiger partial charge in [-0.25, -0.2) is 9.67 Å². The molecule has 2 aromatic heterocycles. The molecule has 134 valence electrons.